The van der Waals surface area contributed by atoms with Crippen LogP contribution in [-0.2, 0) is 10.0 Å². The van der Waals surface area contributed by atoms with Crippen LogP contribution in [0.2, 0.25) is 0 Å². The number of nitrogens with zero attached hydrogens (tertiary/aromatic N) is 1. The highest BCUT2D eigenvalue weighted by Crippen LogP contribution is 2.21. The maximum Gasteiger partial charge on any atom is 0.242 e. The Kier molecular flexibility index (Phi) is 3.04. The number of rotatable bonds is 3. The molecular formula is C12H14N2O2S. The van der Waals surface area contributed by atoms with Gasteiger partial charge in [-0.1, -0.05) is 12.1 Å². The van der Waals surface area contributed by atoms with Gasteiger partial charge in [-0.3, -0.25) is 0 Å². The highest BCUT2D eigenvalue weighted by atomic mass is 32.2. The van der Waals surface area contributed by atoms with Gasteiger partial charge in [-0.05, 0) is 29.8 Å². The van der Waals surface area contributed by atoms with Crippen molar-refractivity contribution in [2.24, 2.45) is 0 Å². The lowest BCUT2D eigenvalue weighted by atomic mass is 10.2. The molecule has 0 amide bonds. The van der Waals surface area contributed by atoms with Gasteiger partial charge < -0.3 is 4.98 Å². The van der Waals surface area contributed by atoms with E-state index in [-0.39, 0.29) is 0 Å². The van der Waals surface area contributed by atoms with Crippen LogP contribution in [0.25, 0.3) is 11.3 Å². The van der Waals surface area contributed by atoms with Crippen LogP contribution >= 0.6 is 0 Å². The summed E-state index contributed by atoms with van der Waals surface area (Å²) in [6.45, 7) is 0. The van der Waals surface area contributed by atoms with Crippen LogP contribution in [0.1, 0.15) is 0 Å². The number of aromatic nitrogens is 1. The standard InChI is InChI=1S/C12H14N2O2S/c1-14(2)17(15,16)11-6-3-5-10(9-11)12-7-4-8-13-12/h3-9,13H,1-2H3. The van der Waals surface area contributed by atoms with E-state index in [1.165, 1.54) is 18.4 Å². The minimum absolute atomic E-state index is 0.301. The minimum atomic E-state index is -3.37. The second kappa shape index (κ2) is 4.35. The van der Waals surface area contributed by atoms with Crippen LogP contribution in [0.15, 0.2) is 47.5 Å². The van der Waals surface area contributed by atoms with E-state index in [0.29, 0.717) is 4.90 Å². The molecule has 0 radical (unpaired) electrons. The molecule has 17 heavy (non-hydrogen) atoms. The molecule has 0 saturated heterocycles. The summed E-state index contributed by atoms with van der Waals surface area (Å²) < 4.78 is 25.1. The van der Waals surface area contributed by atoms with Crippen LogP contribution in [0.5, 0.6) is 0 Å². The van der Waals surface area contributed by atoms with Crippen molar-refractivity contribution in [3.05, 3.63) is 42.6 Å². The van der Waals surface area contributed by atoms with Crippen molar-refractivity contribution in [1.82, 2.24) is 9.29 Å². The maximum atomic E-state index is 12.0. The van der Waals surface area contributed by atoms with Crippen molar-refractivity contribution in [1.29, 1.82) is 0 Å². The lowest BCUT2D eigenvalue weighted by Crippen LogP contribution is -2.22. The first-order valence-electron chi connectivity index (χ1n) is 5.18. The van der Waals surface area contributed by atoms with Gasteiger partial charge in [0.1, 0.15) is 0 Å². The summed E-state index contributed by atoms with van der Waals surface area (Å²) in [5.74, 6) is 0. The highest BCUT2D eigenvalue weighted by Gasteiger charge is 2.17. The van der Waals surface area contributed by atoms with Crippen molar-refractivity contribution < 1.29 is 8.42 Å². The first kappa shape index (κ1) is 11.9. The summed E-state index contributed by atoms with van der Waals surface area (Å²) >= 11 is 0. The number of hydrogen-bond donors (Lipinski definition) is 1. The Labute approximate surface area is 101 Å². The van der Waals surface area contributed by atoms with E-state index in [1.807, 2.05) is 24.4 Å². The van der Waals surface area contributed by atoms with Gasteiger partial charge in [-0.25, -0.2) is 12.7 Å². The lowest BCUT2D eigenvalue weighted by Gasteiger charge is -2.11. The third kappa shape index (κ3) is 2.25. The molecule has 0 spiro atoms. The van der Waals surface area contributed by atoms with Crippen LogP contribution in [0.3, 0.4) is 0 Å². The average Bonchev–Trinajstić information content (AvgIpc) is 2.82. The summed E-state index contributed by atoms with van der Waals surface area (Å²) in [7, 11) is -0.322. The summed E-state index contributed by atoms with van der Waals surface area (Å²) in [4.78, 5) is 3.35. The molecule has 0 saturated carbocycles. The molecule has 1 heterocycles. The third-order valence-electron chi connectivity index (χ3n) is 2.52. The monoisotopic (exact) mass is 250 g/mol. The number of H-pyrrole nitrogens is 1. The molecule has 5 heteroatoms. The van der Waals surface area contributed by atoms with Crippen molar-refractivity contribution >= 4 is 10.0 Å². The van der Waals surface area contributed by atoms with E-state index in [9.17, 15) is 8.42 Å². The molecule has 2 aromatic rings. The first-order chi connectivity index (χ1) is 8.01. The van der Waals surface area contributed by atoms with E-state index < -0.39 is 10.0 Å². The van der Waals surface area contributed by atoms with Gasteiger partial charge in [0.05, 0.1) is 4.90 Å². The van der Waals surface area contributed by atoms with E-state index in [0.717, 1.165) is 11.3 Å². The predicted molar refractivity (Wildman–Crippen MR) is 67.1 cm³/mol. The van der Waals surface area contributed by atoms with Gasteiger partial charge in [0, 0.05) is 26.0 Å². The number of hydrogen-bond acceptors (Lipinski definition) is 2. The zero-order chi connectivity index (χ0) is 12.5. The normalized spacial score (nSPS) is 11.9. The molecule has 90 valence electrons. The molecule has 0 aliphatic carbocycles. The fourth-order valence-electron chi connectivity index (χ4n) is 1.54. The fraction of sp³-hybridized carbons (Fsp3) is 0.167. The van der Waals surface area contributed by atoms with Crippen LogP contribution in [0.4, 0.5) is 0 Å². The fourth-order valence-corrected chi connectivity index (χ4v) is 2.49. The quantitative estimate of drug-likeness (QED) is 0.905. The zero-order valence-electron chi connectivity index (χ0n) is 9.71. The Morgan fingerprint density at radius 1 is 1.12 bits per heavy atom. The largest absolute Gasteiger partial charge is 0.361 e. The van der Waals surface area contributed by atoms with E-state index in [1.54, 1.807) is 18.2 Å². The Balaban J connectivity index is 2.50. The molecule has 0 fully saturated rings. The Morgan fingerprint density at radius 3 is 2.47 bits per heavy atom. The van der Waals surface area contributed by atoms with Gasteiger partial charge in [0.15, 0.2) is 0 Å². The van der Waals surface area contributed by atoms with Gasteiger partial charge in [-0.2, -0.15) is 0 Å². The Hall–Kier alpha value is -1.59. The van der Waals surface area contributed by atoms with Crippen molar-refractivity contribution in [3.63, 3.8) is 0 Å². The molecule has 0 aliphatic heterocycles. The number of nitrogens with one attached hydrogen (secondary N) is 1. The minimum Gasteiger partial charge on any atom is -0.361 e. The van der Waals surface area contributed by atoms with Gasteiger partial charge in [0.25, 0.3) is 0 Å². The van der Waals surface area contributed by atoms with Crippen LogP contribution in [0, 0.1) is 0 Å². The van der Waals surface area contributed by atoms with Crippen molar-refractivity contribution in [3.8, 4) is 11.3 Å². The maximum absolute atomic E-state index is 12.0. The first-order valence-corrected chi connectivity index (χ1v) is 6.62. The average molecular weight is 250 g/mol. The smallest absolute Gasteiger partial charge is 0.242 e. The molecule has 0 aliphatic rings. The molecule has 1 aromatic heterocycles. The Morgan fingerprint density at radius 2 is 1.88 bits per heavy atom. The molecule has 0 atom stereocenters. The third-order valence-corrected chi connectivity index (χ3v) is 4.33. The summed E-state index contributed by atoms with van der Waals surface area (Å²) in [6, 6.07) is 10.7. The second-order valence-electron chi connectivity index (χ2n) is 3.90. The van der Waals surface area contributed by atoms with Crippen LogP contribution < -0.4 is 0 Å². The van der Waals surface area contributed by atoms with Gasteiger partial charge in [0.2, 0.25) is 10.0 Å². The number of aromatic amines is 1. The molecular weight excluding hydrogens is 236 g/mol. The molecule has 0 bridgehead atoms. The van der Waals surface area contributed by atoms with Crippen molar-refractivity contribution in [2.45, 2.75) is 4.90 Å². The van der Waals surface area contributed by atoms with Gasteiger partial charge >= 0.3 is 0 Å². The molecule has 0 unspecified atom stereocenters. The van der Waals surface area contributed by atoms with Crippen molar-refractivity contribution in [2.75, 3.05) is 14.1 Å². The highest BCUT2D eigenvalue weighted by molar-refractivity contribution is 7.89. The summed E-state index contributed by atoms with van der Waals surface area (Å²) in [6.07, 6.45) is 1.81. The summed E-state index contributed by atoms with van der Waals surface area (Å²) in [5.41, 5.74) is 1.76. The zero-order valence-corrected chi connectivity index (χ0v) is 10.5. The molecule has 2 rings (SSSR count). The molecule has 1 N–H and O–H groups in total. The Bertz CT molecular complexity index is 601. The SMILES string of the molecule is CN(C)S(=O)(=O)c1cccc(-c2ccc[nH]2)c1. The number of benzene rings is 1. The summed E-state index contributed by atoms with van der Waals surface area (Å²) in [5, 5.41) is 0. The topological polar surface area (TPSA) is 53.2 Å². The molecule has 1 aromatic carbocycles. The number of sulfonamides is 1. The van der Waals surface area contributed by atoms with Crippen LogP contribution in [-0.4, -0.2) is 31.8 Å². The predicted octanol–water partition coefficient (Wildman–Crippen LogP) is 1.93. The van der Waals surface area contributed by atoms with Gasteiger partial charge in [-0.15, -0.1) is 0 Å². The second-order valence-corrected chi connectivity index (χ2v) is 6.05. The molecule has 4 nitrogen and oxygen atoms in total. The lowest BCUT2D eigenvalue weighted by molar-refractivity contribution is 0.521. The van der Waals surface area contributed by atoms with E-state index in [2.05, 4.69) is 4.98 Å². The van der Waals surface area contributed by atoms with E-state index >= 15 is 0 Å². The van der Waals surface area contributed by atoms with E-state index in [4.69, 9.17) is 0 Å².